The summed E-state index contributed by atoms with van der Waals surface area (Å²) in [5.41, 5.74) is 1.94. The van der Waals surface area contributed by atoms with Crippen LogP contribution in [0.1, 0.15) is 5.69 Å². The van der Waals surface area contributed by atoms with Crippen LogP contribution < -0.4 is 9.62 Å². The van der Waals surface area contributed by atoms with Crippen molar-refractivity contribution in [3.63, 3.8) is 0 Å². The fraction of sp³-hybridized carbons (Fsp3) is 0.190. The van der Waals surface area contributed by atoms with Gasteiger partial charge in [0.2, 0.25) is 10.0 Å². The predicted octanol–water partition coefficient (Wildman–Crippen LogP) is 2.77. The lowest BCUT2D eigenvalue weighted by molar-refractivity contribution is 0.520. The molecular weight excluding hydrogens is 436 g/mol. The molecule has 1 N–H and O–H groups in total. The van der Waals surface area contributed by atoms with Crippen LogP contribution in [0.15, 0.2) is 82.7 Å². The second-order valence-corrected chi connectivity index (χ2v) is 10.9. The van der Waals surface area contributed by atoms with E-state index in [0.29, 0.717) is 17.9 Å². The quantitative estimate of drug-likeness (QED) is 0.555. The third-order valence-electron chi connectivity index (χ3n) is 4.60. The molecule has 2 aromatic carbocycles. The van der Waals surface area contributed by atoms with Gasteiger partial charge in [-0.05, 0) is 48.5 Å². The van der Waals surface area contributed by atoms with Gasteiger partial charge in [0.1, 0.15) is 0 Å². The molecule has 0 atom stereocenters. The molecule has 0 amide bonds. The summed E-state index contributed by atoms with van der Waals surface area (Å²) < 4.78 is 53.9. The molecule has 0 radical (unpaired) electrons. The molecule has 3 rings (SSSR count). The number of benzene rings is 2. The number of para-hydroxylation sites is 2. The molecule has 0 spiro atoms. The van der Waals surface area contributed by atoms with Gasteiger partial charge in [-0.3, -0.25) is 9.71 Å². The van der Waals surface area contributed by atoms with E-state index in [0.717, 1.165) is 10.00 Å². The van der Waals surface area contributed by atoms with Crippen LogP contribution in [0.3, 0.4) is 0 Å². The maximum absolute atomic E-state index is 12.9. The molecule has 0 unspecified atom stereocenters. The summed E-state index contributed by atoms with van der Waals surface area (Å²) in [7, 11) is -2.88. The zero-order valence-corrected chi connectivity index (χ0v) is 19.1. The van der Waals surface area contributed by atoms with Crippen molar-refractivity contribution >= 4 is 31.4 Å². The monoisotopic (exact) mass is 460 g/mol. The second kappa shape index (κ2) is 9.04. The third kappa shape index (κ3) is 5.22. The van der Waals surface area contributed by atoms with Gasteiger partial charge in [-0.25, -0.2) is 21.1 Å². The van der Waals surface area contributed by atoms with Crippen LogP contribution in [0, 0.1) is 0 Å². The van der Waals surface area contributed by atoms with Crippen LogP contribution in [-0.2, 0) is 26.6 Å². The van der Waals surface area contributed by atoms with E-state index in [2.05, 4.69) is 9.71 Å². The lowest BCUT2D eigenvalue weighted by atomic mass is 10.2. The fourth-order valence-electron chi connectivity index (χ4n) is 2.92. The molecular formula is C21H24N4O4S2. The number of nitrogens with one attached hydrogen (secondary N) is 1. The smallest absolute Gasteiger partial charge is 0.261 e. The first-order chi connectivity index (χ1) is 14.6. The van der Waals surface area contributed by atoms with Crippen molar-refractivity contribution in [2.45, 2.75) is 16.3 Å². The lowest BCUT2D eigenvalue weighted by Gasteiger charge is -2.22. The maximum atomic E-state index is 12.9. The van der Waals surface area contributed by atoms with Crippen LogP contribution in [0.4, 0.5) is 11.4 Å². The SMILES string of the molecule is CN(Cc1ccccn1)c1ccccc1NS(=O)(=O)c1ccc(S(=O)(=O)N(C)C)cc1. The Kier molecular flexibility index (Phi) is 6.63. The highest BCUT2D eigenvalue weighted by molar-refractivity contribution is 7.92. The van der Waals surface area contributed by atoms with Crippen molar-refractivity contribution in [2.75, 3.05) is 30.8 Å². The average Bonchev–Trinajstić information content (AvgIpc) is 2.74. The zero-order valence-electron chi connectivity index (χ0n) is 17.4. The number of aromatic nitrogens is 1. The standard InChI is InChI=1S/C21H24N4O4S2/c1-24(2)31(28,29)19-13-11-18(12-14-19)30(26,27)23-20-9-4-5-10-21(20)25(3)16-17-8-6-7-15-22-17/h4-15,23H,16H2,1-3H3. The van der Waals surface area contributed by atoms with Gasteiger partial charge in [-0.2, -0.15) is 0 Å². The average molecular weight is 461 g/mol. The van der Waals surface area contributed by atoms with E-state index in [1.54, 1.807) is 18.3 Å². The van der Waals surface area contributed by atoms with Crippen molar-refractivity contribution in [1.29, 1.82) is 0 Å². The molecule has 1 aromatic heterocycles. The summed E-state index contributed by atoms with van der Waals surface area (Å²) in [6, 6.07) is 17.8. The van der Waals surface area contributed by atoms with Crippen LogP contribution in [0.5, 0.6) is 0 Å². The Morgan fingerprint density at radius 1 is 0.806 bits per heavy atom. The highest BCUT2D eigenvalue weighted by Crippen LogP contribution is 2.28. The van der Waals surface area contributed by atoms with E-state index in [9.17, 15) is 16.8 Å². The summed E-state index contributed by atoms with van der Waals surface area (Å²) in [6.07, 6.45) is 1.71. The summed E-state index contributed by atoms with van der Waals surface area (Å²) >= 11 is 0. The van der Waals surface area contributed by atoms with E-state index < -0.39 is 20.0 Å². The molecule has 0 saturated carbocycles. The Hall–Kier alpha value is -2.95. The van der Waals surface area contributed by atoms with Crippen molar-refractivity contribution in [1.82, 2.24) is 9.29 Å². The molecule has 0 aliphatic rings. The first-order valence-corrected chi connectivity index (χ1v) is 12.3. The van der Waals surface area contributed by atoms with Crippen molar-refractivity contribution in [3.05, 3.63) is 78.6 Å². The minimum absolute atomic E-state index is 0.0203. The summed E-state index contributed by atoms with van der Waals surface area (Å²) in [5.74, 6) is 0. The fourth-order valence-corrected chi connectivity index (χ4v) is 4.89. The number of hydrogen-bond donors (Lipinski definition) is 1. The number of pyridine rings is 1. The van der Waals surface area contributed by atoms with Crippen molar-refractivity contribution < 1.29 is 16.8 Å². The first kappa shape index (κ1) is 22.7. The Morgan fingerprint density at radius 3 is 2.03 bits per heavy atom. The molecule has 0 bridgehead atoms. The molecule has 0 saturated heterocycles. The number of nitrogens with zero attached hydrogens (tertiary/aromatic N) is 3. The van der Waals surface area contributed by atoms with Gasteiger partial charge < -0.3 is 4.90 Å². The Balaban J connectivity index is 1.85. The van der Waals surface area contributed by atoms with Crippen molar-refractivity contribution in [2.24, 2.45) is 0 Å². The highest BCUT2D eigenvalue weighted by Gasteiger charge is 2.21. The van der Waals surface area contributed by atoms with Crippen LogP contribution in [-0.4, -0.2) is 47.3 Å². The summed E-state index contributed by atoms with van der Waals surface area (Å²) in [5, 5.41) is 0. The molecule has 1 heterocycles. The van der Waals surface area contributed by atoms with Gasteiger partial charge in [-0.1, -0.05) is 18.2 Å². The molecule has 0 fully saturated rings. The minimum Gasteiger partial charge on any atom is -0.367 e. The third-order valence-corrected chi connectivity index (χ3v) is 7.81. The number of sulfonamides is 2. The van der Waals surface area contributed by atoms with Gasteiger partial charge in [0.05, 0.1) is 33.4 Å². The highest BCUT2D eigenvalue weighted by atomic mass is 32.2. The van der Waals surface area contributed by atoms with E-state index >= 15 is 0 Å². The van der Waals surface area contributed by atoms with Crippen LogP contribution in [0.25, 0.3) is 0 Å². The molecule has 8 nitrogen and oxygen atoms in total. The molecule has 31 heavy (non-hydrogen) atoms. The normalized spacial score (nSPS) is 12.0. The van der Waals surface area contributed by atoms with Crippen LogP contribution >= 0.6 is 0 Å². The Labute approximate surface area is 183 Å². The van der Waals surface area contributed by atoms with Gasteiger partial charge in [-0.15, -0.1) is 0 Å². The van der Waals surface area contributed by atoms with E-state index in [-0.39, 0.29) is 9.79 Å². The molecule has 164 valence electrons. The number of anilines is 2. The Bertz CT molecular complexity index is 1240. The minimum atomic E-state index is -3.93. The van der Waals surface area contributed by atoms with Crippen molar-refractivity contribution in [3.8, 4) is 0 Å². The van der Waals surface area contributed by atoms with Gasteiger partial charge in [0, 0.05) is 27.3 Å². The predicted molar refractivity (Wildman–Crippen MR) is 121 cm³/mol. The summed E-state index contributed by atoms with van der Waals surface area (Å²) in [4.78, 5) is 6.18. The van der Waals surface area contributed by atoms with Crippen LogP contribution in [0.2, 0.25) is 0 Å². The maximum Gasteiger partial charge on any atom is 0.261 e. The van der Waals surface area contributed by atoms with E-state index in [4.69, 9.17) is 0 Å². The van der Waals surface area contributed by atoms with E-state index in [1.165, 1.54) is 38.4 Å². The molecule has 10 heteroatoms. The Morgan fingerprint density at radius 2 is 1.42 bits per heavy atom. The molecule has 0 aliphatic carbocycles. The van der Waals surface area contributed by atoms with Gasteiger partial charge in [0.25, 0.3) is 10.0 Å². The van der Waals surface area contributed by atoms with Gasteiger partial charge >= 0.3 is 0 Å². The molecule has 3 aromatic rings. The van der Waals surface area contributed by atoms with E-state index in [1.807, 2.05) is 42.3 Å². The first-order valence-electron chi connectivity index (χ1n) is 9.37. The summed E-state index contributed by atoms with van der Waals surface area (Å²) in [6.45, 7) is 0.497. The largest absolute Gasteiger partial charge is 0.367 e. The second-order valence-electron chi connectivity index (χ2n) is 7.06. The lowest BCUT2D eigenvalue weighted by Crippen LogP contribution is -2.22. The molecule has 0 aliphatic heterocycles. The topological polar surface area (TPSA) is 99.7 Å². The van der Waals surface area contributed by atoms with Gasteiger partial charge in [0.15, 0.2) is 0 Å². The number of rotatable bonds is 8. The zero-order chi connectivity index (χ0) is 22.6. The number of hydrogen-bond acceptors (Lipinski definition) is 6.